The molecule has 0 aromatic heterocycles. The Balaban J connectivity index is 1.91. The Morgan fingerprint density at radius 2 is 1.92 bits per heavy atom. The third kappa shape index (κ3) is 4.94. The van der Waals surface area contributed by atoms with Gasteiger partial charge in [0.15, 0.2) is 5.66 Å². The molecule has 140 valence electrons. The van der Waals surface area contributed by atoms with Crippen LogP contribution in [0.1, 0.15) is 40.0 Å². The highest BCUT2D eigenvalue weighted by atomic mass is 19.4. The number of hydrogen-bond acceptors (Lipinski definition) is 4. The van der Waals surface area contributed by atoms with Crippen molar-refractivity contribution in [2.24, 2.45) is 22.1 Å². The number of alkyl halides is 3. The molecule has 5 nitrogen and oxygen atoms in total. The molecule has 25 heavy (non-hydrogen) atoms. The SMILES string of the molecule is C#CCCC1(CCNC(=O)[C@H]2CN(C(C)(C)C)C[C@@H]2C(F)(F)F)N=N1. The first-order valence-corrected chi connectivity index (χ1v) is 8.45. The number of carbonyl (C=O) groups excluding carboxylic acids is 1. The fraction of sp³-hybridized carbons (Fsp3) is 0.824. The van der Waals surface area contributed by atoms with E-state index in [0.717, 1.165) is 0 Å². The summed E-state index contributed by atoms with van der Waals surface area (Å²) in [4.78, 5) is 14.1. The van der Waals surface area contributed by atoms with Crippen molar-refractivity contribution in [3.8, 4) is 12.3 Å². The zero-order chi connectivity index (χ0) is 18.9. The fourth-order valence-electron chi connectivity index (χ4n) is 3.13. The predicted molar refractivity (Wildman–Crippen MR) is 87.6 cm³/mol. The molecule has 0 radical (unpaired) electrons. The molecule has 8 heteroatoms. The number of nitrogens with zero attached hydrogens (tertiary/aromatic N) is 3. The van der Waals surface area contributed by atoms with Crippen LogP contribution in [0.3, 0.4) is 0 Å². The molecule has 1 amide bonds. The molecular weight excluding hydrogens is 333 g/mol. The summed E-state index contributed by atoms with van der Waals surface area (Å²) in [6, 6.07) is 0. The molecule has 2 atom stereocenters. The van der Waals surface area contributed by atoms with Gasteiger partial charge in [0.1, 0.15) is 0 Å². The van der Waals surface area contributed by atoms with E-state index >= 15 is 0 Å². The Morgan fingerprint density at radius 3 is 2.40 bits per heavy atom. The minimum atomic E-state index is -4.39. The van der Waals surface area contributed by atoms with E-state index in [4.69, 9.17) is 6.42 Å². The van der Waals surface area contributed by atoms with Crippen molar-refractivity contribution in [1.29, 1.82) is 0 Å². The highest BCUT2D eigenvalue weighted by molar-refractivity contribution is 5.79. The van der Waals surface area contributed by atoms with Crippen LogP contribution < -0.4 is 5.32 Å². The Morgan fingerprint density at radius 1 is 1.28 bits per heavy atom. The van der Waals surface area contributed by atoms with Crippen molar-refractivity contribution >= 4 is 5.91 Å². The molecule has 2 rings (SSSR count). The van der Waals surface area contributed by atoms with Crippen molar-refractivity contribution in [2.45, 2.75) is 57.4 Å². The average Bonchev–Trinajstić information content (AvgIpc) is 3.08. The van der Waals surface area contributed by atoms with Crippen LogP contribution in [0.15, 0.2) is 10.2 Å². The van der Waals surface area contributed by atoms with Crippen molar-refractivity contribution < 1.29 is 18.0 Å². The average molecular weight is 358 g/mol. The van der Waals surface area contributed by atoms with Crippen LogP contribution in [0.25, 0.3) is 0 Å². The van der Waals surface area contributed by atoms with Gasteiger partial charge in [0, 0.05) is 44.4 Å². The largest absolute Gasteiger partial charge is 0.393 e. The van der Waals surface area contributed by atoms with Gasteiger partial charge in [-0.2, -0.15) is 23.4 Å². The van der Waals surface area contributed by atoms with Gasteiger partial charge in [-0.3, -0.25) is 9.69 Å². The summed E-state index contributed by atoms with van der Waals surface area (Å²) >= 11 is 0. The molecule has 2 aliphatic rings. The Hall–Kier alpha value is -1.62. The third-order valence-electron chi connectivity index (χ3n) is 4.90. The van der Waals surface area contributed by atoms with Crippen molar-refractivity contribution in [3.05, 3.63) is 0 Å². The van der Waals surface area contributed by atoms with Gasteiger partial charge in [-0.15, -0.1) is 12.3 Å². The van der Waals surface area contributed by atoms with Gasteiger partial charge in [0.25, 0.3) is 0 Å². The Kier molecular flexibility index (Phi) is 5.47. The molecule has 1 N–H and O–H groups in total. The summed E-state index contributed by atoms with van der Waals surface area (Å²) in [5.41, 5.74) is -0.959. The van der Waals surface area contributed by atoms with Gasteiger partial charge in [0.2, 0.25) is 5.91 Å². The van der Waals surface area contributed by atoms with Crippen LogP contribution >= 0.6 is 0 Å². The van der Waals surface area contributed by atoms with E-state index in [9.17, 15) is 18.0 Å². The van der Waals surface area contributed by atoms with Gasteiger partial charge >= 0.3 is 6.18 Å². The lowest BCUT2D eigenvalue weighted by molar-refractivity contribution is -0.183. The zero-order valence-electron chi connectivity index (χ0n) is 14.9. The summed E-state index contributed by atoms with van der Waals surface area (Å²) in [6.07, 6.45) is 2.42. The molecule has 0 aromatic rings. The second-order valence-corrected chi connectivity index (χ2v) is 7.76. The lowest BCUT2D eigenvalue weighted by Crippen LogP contribution is -2.41. The molecule has 0 unspecified atom stereocenters. The lowest BCUT2D eigenvalue weighted by atomic mass is 9.94. The van der Waals surface area contributed by atoms with Gasteiger partial charge in [-0.25, -0.2) is 0 Å². The molecule has 0 bridgehead atoms. The van der Waals surface area contributed by atoms with Gasteiger partial charge < -0.3 is 5.32 Å². The summed E-state index contributed by atoms with van der Waals surface area (Å²) in [5, 5.41) is 10.5. The minimum absolute atomic E-state index is 0.108. The molecule has 0 aromatic carbocycles. The first kappa shape index (κ1) is 19.7. The van der Waals surface area contributed by atoms with Crippen LogP contribution in [0, 0.1) is 24.2 Å². The summed E-state index contributed by atoms with van der Waals surface area (Å²) in [7, 11) is 0. The topological polar surface area (TPSA) is 57.1 Å². The molecule has 0 aliphatic carbocycles. The second-order valence-electron chi connectivity index (χ2n) is 7.76. The Bertz CT molecular complexity index is 568. The number of carbonyl (C=O) groups is 1. The van der Waals surface area contributed by atoms with Crippen molar-refractivity contribution in [2.75, 3.05) is 19.6 Å². The van der Waals surface area contributed by atoms with Crippen molar-refractivity contribution in [1.82, 2.24) is 10.2 Å². The van der Waals surface area contributed by atoms with Gasteiger partial charge in [0.05, 0.1) is 11.8 Å². The predicted octanol–water partition coefficient (Wildman–Crippen LogP) is 2.98. The van der Waals surface area contributed by atoms with E-state index in [0.29, 0.717) is 19.3 Å². The number of halogens is 3. The standard InChI is InChI=1S/C17H25F3N4O/c1-5-6-7-16(22-23-16)8-9-21-14(25)12-10-24(15(2,3)4)11-13(12)17(18,19)20/h1,12-13H,6-11H2,2-4H3,(H,21,25)/t12-,13-/m0/s1. The molecule has 0 saturated carbocycles. The number of amides is 1. The molecule has 2 heterocycles. The maximum Gasteiger partial charge on any atom is 0.393 e. The van der Waals surface area contributed by atoms with E-state index in [1.165, 1.54) is 0 Å². The summed E-state index contributed by atoms with van der Waals surface area (Å²) in [6.45, 7) is 5.76. The molecular formula is C17H25F3N4O. The van der Waals surface area contributed by atoms with Crippen LogP contribution in [-0.2, 0) is 4.79 Å². The fourth-order valence-corrected chi connectivity index (χ4v) is 3.13. The van der Waals surface area contributed by atoms with Gasteiger partial charge in [-0.1, -0.05) is 0 Å². The lowest BCUT2D eigenvalue weighted by Gasteiger charge is -2.31. The number of rotatable bonds is 6. The minimum Gasteiger partial charge on any atom is -0.356 e. The number of nitrogens with one attached hydrogen (secondary N) is 1. The normalized spacial score (nSPS) is 25.6. The monoisotopic (exact) mass is 358 g/mol. The second kappa shape index (κ2) is 6.94. The maximum absolute atomic E-state index is 13.3. The van der Waals surface area contributed by atoms with Crippen molar-refractivity contribution in [3.63, 3.8) is 0 Å². The smallest absolute Gasteiger partial charge is 0.356 e. The number of hydrogen-bond donors (Lipinski definition) is 1. The van der Waals surface area contributed by atoms with Crippen LogP contribution in [-0.4, -0.2) is 47.8 Å². The van der Waals surface area contributed by atoms with E-state index < -0.39 is 35.1 Å². The van der Waals surface area contributed by atoms with E-state index in [1.807, 2.05) is 20.8 Å². The first-order chi connectivity index (χ1) is 11.5. The number of terminal acetylenes is 1. The van der Waals surface area contributed by atoms with E-state index in [2.05, 4.69) is 21.5 Å². The molecule has 1 saturated heterocycles. The summed E-state index contributed by atoms with van der Waals surface area (Å²) < 4.78 is 40.0. The molecule has 1 fully saturated rings. The highest BCUT2D eigenvalue weighted by Crippen LogP contribution is 2.40. The van der Waals surface area contributed by atoms with E-state index in [1.54, 1.807) is 4.90 Å². The molecule has 0 spiro atoms. The Labute approximate surface area is 146 Å². The quantitative estimate of drug-likeness (QED) is 0.742. The van der Waals surface area contributed by atoms with Gasteiger partial charge in [-0.05, 0) is 20.8 Å². The maximum atomic E-state index is 13.3. The molecule has 2 aliphatic heterocycles. The zero-order valence-corrected chi connectivity index (χ0v) is 14.9. The number of likely N-dealkylation sites (tertiary alicyclic amines) is 1. The highest BCUT2D eigenvalue weighted by Gasteiger charge is 2.53. The van der Waals surface area contributed by atoms with Crippen LogP contribution in [0.2, 0.25) is 0 Å². The van der Waals surface area contributed by atoms with Crippen LogP contribution in [0.4, 0.5) is 13.2 Å². The summed E-state index contributed by atoms with van der Waals surface area (Å²) in [5.74, 6) is -0.773. The third-order valence-corrected chi connectivity index (χ3v) is 4.90. The van der Waals surface area contributed by atoms with Crippen LogP contribution in [0.5, 0.6) is 0 Å². The van der Waals surface area contributed by atoms with E-state index in [-0.39, 0.29) is 19.6 Å². The first-order valence-electron chi connectivity index (χ1n) is 8.45.